The zero-order valence-electron chi connectivity index (χ0n) is 12.4. The van der Waals surface area contributed by atoms with E-state index in [9.17, 15) is 4.79 Å². The number of nitrogens with zero attached hydrogens (tertiary/aromatic N) is 1. The monoisotopic (exact) mass is 307 g/mol. The van der Waals surface area contributed by atoms with Crippen LogP contribution in [0.1, 0.15) is 44.6 Å². The highest BCUT2D eigenvalue weighted by Gasteiger charge is 2.23. The molecule has 21 heavy (non-hydrogen) atoms. The maximum Gasteiger partial charge on any atom is 0.328 e. The van der Waals surface area contributed by atoms with Crippen LogP contribution in [0.15, 0.2) is 24.3 Å². The standard InChI is InChI=1S/C17H22ClNO2/c1-2-19(14-8-4-3-5-9-14)17-13(11-12-16(20)21)7-6-10-15(17)18/h6-7,10-12,14H,2-5,8-9H2,1H3,(H,20,21)/b12-11+. The number of hydrogen-bond donors (Lipinski definition) is 1. The van der Waals surface area contributed by atoms with Gasteiger partial charge in [-0.1, -0.05) is 43.0 Å². The number of anilines is 1. The minimum Gasteiger partial charge on any atom is -0.478 e. The van der Waals surface area contributed by atoms with Gasteiger partial charge in [-0.05, 0) is 37.5 Å². The van der Waals surface area contributed by atoms with Crippen molar-refractivity contribution in [2.75, 3.05) is 11.4 Å². The smallest absolute Gasteiger partial charge is 0.328 e. The number of carboxylic acid groups (broad SMARTS) is 1. The van der Waals surface area contributed by atoms with Gasteiger partial charge in [-0.3, -0.25) is 0 Å². The molecular formula is C17H22ClNO2. The van der Waals surface area contributed by atoms with E-state index in [0.29, 0.717) is 11.1 Å². The van der Waals surface area contributed by atoms with E-state index in [1.54, 1.807) is 6.08 Å². The first-order valence-electron chi connectivity index (χ1n) is 7.59. The van der Waals surface area contributed by atoms with Gasteiger partial charge in [0.25, 0.3) is 0 Å². The number of carbonyl (C=O) groups is 1. The summed E-state index contributed by atoms with van der Waals surface area (Å²) in [5.41, 5.74) is 1.84. The van der Waals surface area contributed by atoms with Crippen molar-refractivity contribution in [2.45, 2.75) is 45.1 Å². The largest absolute Gasteiger partial charge is 0.478 e. The van der Waals surface area contributed by atoms with Crippen molar-refractivity contribution in [3.05, 3.63) is 34.9 Å². The average Bonchev–Trinajstić information content (AvgIpc) is 2.49. The third-order valence-electron chi connectivity index (χ3n) is 4.07. The summed E-state index contributed by atoms with van der Waals surface area (Å²) in [5, 5.41) is 9.54. The number of halogens is 1. The molecule has 4 heteroatoms. The average molecular weight is 308 g/mol. The summed E-state index contributed by atoms with van der Waals surface area (Å²) >= 11 is 6.41. The molecule has 1 aliphatic carbocycles. The van der Waals surface area contributed by atoms with Gasteiger partial charge in [0.05, 0.1) is 10.7 Å². The Balaban J connectivity index is 2.36. The van der Waals surface area contributed by atoms with Crippen molar-refractivity contribution < 1.29 is 9.90 Å². The molecule has 0 amide bonds. The summed E-state index contributed by atoms with van der Waals surface area (Å²) in [4.78, 5) is 13.1. The van der Waals surface area contributed by atoms with E-state index in [0.717, 1.165) is 17.8 Å². The predicted octanol–water partition coefficient (Wildman–Crippen LogP) is 4.60. The van der Waals surface area contributed by atoms with Crippen LogP contribution in [-0.2, 0) is 4.79 Å². The van der Waals surface area contributed by atoms with Gasteiger partial charge in [0.15, 0.2) is 0 Å². The second-order valence-corrected chi connectivity index (χ2v) is 5.83. The fourth-order valence-electron chi connectivity index (χ4n) is 3.12. The van der Waals surface area contributed by atoms with Gasteiger partial charge >= 0.3 is 5.97 Å². The molecule has 0 spiro atoms. The van der Waals surface area contributed by atoms with E-state index in [-0.39, 0.29) is 0 Å². The molecule has 1 fully saturated rings. The van der Waals surface area contributed by atoms with Crippen LogP contribution in [0, 0.1) is 0 Å². The fraction of sp³-hybridized carbons (Fsp3) is 0.471. The van der Waals surface area contributed by atoms with Gasteiger partial charge in [0.1, 0.15) is 0 Å². The molecule has 0 radical (unpaired) electrons. The molecule has 1 aromatic carbocycles. The summed E-state index contributed by atoms with van der Waals surface area (Å²) in [7, 11) is 0. The Morgan fingerprint density at radius 3 is 2.71 bits per heavy atom. The number of hydrogen-bond acceptors (Lipinski definition) is 2. The highest BCUT2D eigenvalue weighted by molar-refractivity contribution is 6.33. The third kappa shape index (κ3) is 4.01. The summed E-state index contributed by atoms with van der Waals surface area (Å²) < 4.78 is 0. The molecule has 0 atom stereocenters. The fourth-order valence-corrected chi connectivity index (χ4v) is 3.41. The summed E-state index contributed by atoms with van der Waals surface area (Å²) in [5.74, 6) is -0.943. The predicted molar refractivity (Wildman–Crippen MR) is 88.0 cm³/mol. The molecule has 0 bridgehead atoms. The van der Waals surface area contributed by atoms with Crippen LogP contribution in [0.4, 0.5) is 5.69 Å². The summed E-state index contributed by atoms with van der Waals surface area (Å²) in [6.07, 6.45) is 8.99. The van der Waals surface area contributed by atoms with Gasteiger partial charge in [-0.25, -0.2) is 4.79 Å². The van der Waals surface area contributed by atoms with Crippen molar-refractivity contribution in [3.63, 3.8) is 0 Å². The van der Waals surface area contributed by atoms with Crippen LogP contribution in [0.25, 0.3) is 6.08 Å². The van der Waals surface area contributed by atoms with Gasteiger partial charge in [-0.15, -0.1) is 0 Å². The SMILES string of the molecule is CCN(c1c(Cl)cccc1/C=C/C(=O)O)C1CCCCC1. The van der Waals surface area contributed by atoms with E-state index in [2.05, 4.69) is 11.8 Å². The molecule has 1 N–H and O–H groups in total. The second-order valence-electron chi connectivity index (χ2n) is 5.43. The van der Waals surface area contributed by atoms with Gasteiger partial charge in [0, 0.05) is 18.7 Å². The number of benzene rings is 1. The zero-order valence-corrected chi connectivity index (χ0v) is 13.1. The normalized spacial score (nSPS) is 16.3. The van der Waals surface area contributed by atoms with Gasteiger partial charge in [-0.2, -0.15) is 0 Å². The molecule has 3 nitrogen and oxygen atoms in total. The van der Waals surface area contributed by atoms with Crippen LogP contribution in [0.3, 0.4) is 0 Å². The Bertz CT molecular complexity index is 522. The lowest BCUT2D eigenvalue weighted by atomic mass is 9.93. The topological polar surface area (TPSA) is 40.5 Å². The molecular weight excluding hydrogens is 286 g/mol. The molecule has 0 saturated heterocycles. The van der Waals surface area contributed by atoms with Crippen LogP contribution in [-0.4, -0.2) is 23.7 Å². The lowest BCUT2D eigenvalue weighted by Gasteiger charge is -2.36. The van der Waals surface area contributed by atoms with E-state index >= 15 is 0 Å². The van der Waals surface area contributed by atoms with E-state index in [1.807, 2.05) is 18.2 Å². The Labute approximate surface area is 131 Å². The highest BCUT2D eigenvalue weighted by atomic mass is 35.5. The molecule has 0 heterocycles. The van der Waals surface area contributed by atoms with Crippen LogP contribution in [0.2, 0.25) is 5.02 Å². The van der Waals surface area contributed by atoms with E-state index in [4.69, 9.17) is 16.7 Å². The lowest BCUT2D eigenvalue weighted by molar-refractivity contribution is -0.131. The van der Waals surface area contributed by atoms with Gasteiger partial charge in [0.2, 0.25) is 0 Å². The first-order valence-corrected chi connectivity index (χ1v) is 7.97. The van der Waals surface area contributed by atoms with Crippen LogP contribution >= 0.6 is 11.6 Å². The number of aliphatic carboxylic acids is 1. The van der Waals surface area contributed by atoms with Crippen molar-refractivity contribution in [2.24, 2.45) is 0 Å². The minimum atomic E-state index is -0.943. The lowest BCUT2D eigenvalue weighted by Crippen LogP contribution is -2.37. The Morgan fingerprint density at radius 2 is 2.10 bits per heavy atom. The molecule has 114 valence electrons. The first-order chi connectivity index (χ1) is 10.1. The molecule has 1 aliphatic rings. The number of para-hydroxylation sites is 1. The molecule has 1 aromatic rings. The van der Waals surface area contributed by atoms with Gasteiger partial charge < -0.3 is 10.0 Å². The van der Waals surface area contributed by atoms with E-state index in [1.165, 1.54) is 38.2 Å². The van der Waals surface area contributed by atoms with Crippen molar-refractivity contribution in [1.29, 1.82) is 0 Å². The van der Waals surface area contributed by atoms with Crippen molar-refractivity contribution in [1.82, 2.24) is 0 Å². The second kappa shape index (κ2) is 7.51. The Hall–Kier alpha value is -1.48. The third-order valence-corrected chi connectivity index (χ3v) is 4.37. The molecule has 0 unspecified atom stereocenters. The summed E-state index contributed by atoms with van der Waals surface area (Å²) in [6.45, 7) is 3.00. The first kappa shape index (κ1) is 15.9. The van der Waals surface area contributed by atoms with Crippen LogP contribution < -0.4 is 4.90 Å². The quantitative estimate of drug-likeness (QED) is 0.808. The Kier molecular flexibility index (Phi) is 5.68. The maximum atomic E-state index is 10.8. The molecule has 0 aliphatic heterocycles. The van der Waals surface area contributed by atoms with Crippen LogP contribution in [0.5, 0.6) is 0 Å². The number of carboxylic acids is 1. The zero-order chi connectivity index (χ0) is 15.2. The summed E-state index contributed by atoms with van der Waals surface area (Å²) in [6, 6.07) is 6.16. The minimum absolute atomic E-state index is 0.501. The number of rotatable bonds is 5. The van der Waals surface area contributed by atoms with Crippen molar-refractivity contribution >= 4 is 29.3 Å². The van der Waals surface area contributed by atoms with Crippen molar-refractivity contribution in [3.8, 4) is 0 Å². The maximum absolute atomic E-state index is 10.8. The molecule has 0 aromatic heterocycles. The van der Waals surface area contributed by atoms with E-state index < -0.39 is 5.97 Å². The Morgan fingerprint density at radius 1 is 1.38 bits per heavy atom. The molecule has 2 rings (SSSR count). The molecule has 1 saturated carbocycles. The highest BCUT2D eigenvalue weighted by Crippen LogP contribution is 2.35.